The zero-order valence-electron chi connectivity index (χ0n) is 14.6. The Morgan fingerprint density at radius 3 is 2.56 bits per heavy atom. The predicted molar refractivity (Wildman–Crippen MR) is 96.7 cm³/mol. The molecule has 1 aromatic carbocycles. The van der Waals surface area contributed by atoms with Crippen molar-refractivity contribution in [3.8, 4) is 5.82 Å². The lowest BCUT2D eigenvalue weighted by atomic mass is 10.2. The van der Waals surface area contributed by atoms with Crippen molar-refractivity contribution in [3.63, 3.8) is 0 Å². The van der Waals surface area contributed by atoms with Gasteiger partial charge in [0.25, 0.3) is 5.91 Å². The number of hydrogen-bond acceptors (Lipinski definition) is 4. The molecule has 0 aliphatic heterocycles. The van der Waals surface area contributed by atoms with Gasteiger partial charge in [-0.3, -0.25) is 9.36 Å². The van der Waals surface area contributed by atoms with Crippen LogP contribution in [0.15, 0.2) is 48.9 Å². The molecule has 2 aromatic heterocycles. The van der Waals surface area contributed by atoms with E-state index >= 15 is 0 Å². The molecule has 6 nitrogen and oxygen atoms in total. The minimum absolute atomic E-state index is 0.000584. The molecule has 2 heterocycles. The Labute approximate surface area is 146 Å². The molecule has 0 fully saturated rings. The summed E-state index contributed by atoms with van der Waals surface area (Å²) in [5, 5.41) is 9.62. The van der Waals surface area contributed by atoms with Gasteiger partial charge in [0, 0.05) is 18.8 Å². The molecule has 1 unspecified atom stereocenters. The van der Waals surface area contributed by atoms with Crippen LogP contribution in [0.2, 0.25) is 0 Å². The number of aromatic nitrogens is 3. The Hall–Kier alpha value is -2.73. The Bertz CT molecular complexity index is 869. The van der Waals surface area contributed by atoms with Gasteiger partial charge >= 0.3 is 0 Å². The zero-order valence-corrected chi connectivity index (χ0v) is 14.6. The van der Waals surface area contributed by atoms with Crippen LogP contribution in [0.25, 0.3) is 16.9 Å². The molecule has 0 aliphatic carbocycles. The molecule has 6 heteroatoms. The number of para-hydroxylation sites is 2. The topological polar surface area (TPSA) is 71.2 Å². The summed E-state index contributed by atoms with van der Waals surface area (Å²) in [4.78, 5) is 23.1. The fourth-order valence-corrected chi connectivity index (χ4v) is 2.78. The first-order valence-electron chi connectivity index (χ1n) is 8.35. The van der Waals surface area contributed by atoms with Gasteiger partial charge in [0.1, 0.15) is 12.1 Å². The number of amides is 1. The van der Waals surface area contributed by atoms with Crippen LogP contribution in [-0.4, -0.2) is 49.1 Å². The highest BCUT2D eigenvalue weighted by atomic mass is 16.3. The molecular weight excluding hydrogens is 316 g/mol. The van der Waals surface area contributed by atoms with Crippen LogP contribution in [0, 0.1) is 0 Å². The highest BCUT2D eigenvalue weighted by Crippen LogP contribution is 2.17. The lowest BCUT2D eigenvalue weighted by Crippen LogP contribution is -2.41. The molecule has 0 saturated heterocycles. The second kappa shape index (κ2) is 7.03. The van der Waals surface area contributed by atoms with Crippen molar-refractivity contribution in [1.29, 1.82) is 0 Å². The monoisotopic (exact) mass is 338 g/mol. The third-order valence-electron chi connectivity index (χ3n) is 4.04. The van der Waals surface area contributed by atoms with Crippen LogP contribution in [-0.2, 0) is 0 Å². The highest BCUT2D eigenvalue weighted by molar-refractivity contribution is 5.94. The molecule has 130 valence electrons. The summed E-state index contributed by atoms with van der Waals surface area (Å²) in [6, 6.07) is 11.4. The minimum atomic E-state index is -0.573. The van der Waals surface area contributed by atoms with Gasteiger partial charge in [0.15, 0.2) is 0 Å². The quantitative estimate of drug-likeness (QED) is 0.776. The molecule has 0 saturated carbocycles. The second-order valence-corrected chi connectivity index (χ2v) is 6.41. The number of aliphatic hydroxyl groups is 1. The van der Waals surface area contributed by atoms with Gasteiger partial charge in [0.05, 0.1) is 22.7 Å². The summed E-state index contributed by atoms with van der Waals surface area (Å²) >= 11 is 0. The maximum Gasteiger partial charge on any atom is 0.255 e. The number of nitrogens with zero attached hydrogens (tertiary/aromatic N) is 4. The van der Waals surface area contributed by atoms with Crippen LogP contribution in [0.3, 0.4) is 0 Å². The molecule has 0 spiro atoms. The molecule has 1 atom stereocenters. The fraction of sp³-hybridized carbons (Fsp3) is 0.316. The van der Waals surface area contributed by atoms with Gasteiger partial charge in [-0.2, -0.15) is 0 Å². The summed E-state index contributed by atoms with van der Waals surface area (Å²) in [5.74, 6) is 0.572. The van der Waals surface area contributed by atoms with Crippen LogP contribution >= 0.6 is 0 Å². The van der Waals surface area contributed by atoms with Gasteiger partial charge < -0.3 is 10.0 Å². The standard InChI is InChI=1S/C19H22N4O2/c1-13(2)22(11-14(3)24)19(25)15-8-9-18(20-10-15)23-12-21-16-6-4-5-7-17(16)23/h4-10,12-14,24H,11H2,1-3H3. The third kappa shape index (κ3) is 3.53. The van der Waals surface area contributed by atoms with Crippen LogP contribution in [0.1, 0.15) is 31.1 Å². The van der Waals surface area contributed by atoms with Crippen molar-refractivity contribution in [2.75, 3.05) is 6.54 Å². The first-order valence-corrected chi connectivity index (χ1v) is 8.35. The van der Waals surface area contributed by atoms with E-state index in [1.807, 2.05) is 48.7 Å². The SMILES string of the molecule is CC(O)CN(C(=O)c1ccc(-n2cnc3ccccc32)nc1)C(C)C. The number of pyridine rings is 1. The largest absolute Gasteiger partial charge is 0.392 e. The van der Waals surface area contributed by atoms with E-state index in [1.165, 1.54) is 0 Å². The summed E-state index contributed by atoms with van der Waals surface area (Å²) in [6.07, 6.45) is 2.72. The molecule has 1 amide bonds. The maximum absolute atomic E-state index is 12.7. The van der Waals surface area contributed by atoms with Crippen molar-refractivity contribution in [2.24, 2.45) is 0 Å². The first kappa shape index (κ1) is 17.1. The number of rotatable bonds is 5. The van der Waals surface area contributed by atoms with E-state index in [2.05, 4.69) is 9.97 Å². The number of aliphatic hydroxyl groups excluding tert-OH is 1. The smallest absolute Gasteiger partial charge is 0.255 e. The van der Waals surface area contributed by atoms with Gasteiger partial charge in [-0.1, -0.05) is 12.1 Å². The van der Waals surface area contributed by atoms with Crippen LogP contribution in [0.4, 0.5) is 0 Å². The van der Waals surface area contributed by atoms with Crippen molar-refractivity contribution in [1.82, 2.24) is 19.4 Å². The molecule has 1 N–H and O–H groups in total. The summed E-state index contributed by atoms with van der Waals surface area (Å²) in [7, 11) is 0. The van der Waals surface area contributed by atoms with E-state index < -0.39 is 6.10 Å². The summed E-state index contributed by atoms with van der Waals surface area (Å²) in [6.45, 7) is 5.83. The molecule has 3 rings (SSSR count). The third-order valence-corrected chi connectivity index (χ3v) is 4.04. The van der Waals surface area contributed by atoms with Crippen molar-refractivity contribution >= 4 is 16.9 Å². The molecule has 25 heavy (non-hydrogen) atoms. The number of carbonyl (C=O) groups is 1. The van der Waals surface area contributed by atoms with Gasteiger partial charge in [-0.05, 0) is 45.0 Å². The van der Waals surface area contributed by atoms with Gasteiger partial charge in [-0.15, -0.1) is 0 Å². The Balaban J connectivity index is 1.88. The van der Waals surface area contributed by atoms with Crippen LogP contribution in [0.5, 0.6) is 0 Å². The van der Waals surface area contributed by atoms with E-state index in [4.69, 9.17) is 0 Å². The van der Waals surface area contributed by atoms with Gasteiger partial charge in [-0.25, -0.2) is 9.97 Å². The summed E-state index contributed by atoms with van der Waals surface area (Å²) < 4.78 is 1.89. The lowest BCUT2D eigenvalue weighted by Gasteiger charge is -2.28. The van der Waals surface area contributed by atoms with E-state index in [1.54, 1.807) is 30.4 Å². The van der Waals surface area contributed by atoms with E-state index in [0.29, 0.717) is 17.9 Å². The normalized spacial score (nSPS) is 12.5. The van der Waals surface area contributed by atoms with Gasteiger partial charge in [0.2, 0.25) is 0 Å². The average Bonchev–Trinajstić information content (AvgIpc) is 3.03. The van der Waals surface area contributed by atoms with Crippen molar-refractivity contribution < 1.29 is 9.90 Å². The van der Waals surface area contributed by atoms with Crippen molar-refractivity contribution in [3.05, 3.63) is 54.5 Å². The van der Waals surface area contributed by atoms with E-state index in [0.717, 1.165) is 11.0 Å². The average molecular weight is 338 g/mol. The van der Waals surface area contributed by atoms with E-state index in [-0.39, 0.29) is 11.9 Å². The minimum Gasteiger partial charge on any atom is -0.392 e. The Morgan fingerprint density at radius 1 is 1.16 bits per heavy atom. The highest BCUT2D eigenvalue weighted by Gasteiger charge is 2.20. The fourth-order valence-electron chi connectivity index (χ4n) is 2.78. The number of hydrogen-bond donors (Lipinski definition) is 1. The maximum atomic E-state index is 12.7. The molecule has 3 aromatic rings. The summed E-state index contributed by atoms with van der Waals surface area (Å²) in [5.41, 5.74) is 2.36. The zero-order chi connectivity index (χ0) is 18.0. The first-order chi connectivity index (χ1) is 12.0. The van der Waals surface area contributed by atoms with Crippen molar-refractivity contribution in [2.45, 2.75) is 32.9 Å². The molecule has 0 aliphatic rings. The number of fused-ring (bicyclic) bond motifs is 1. The second-order valence-electron chi connectivity index (χ2n) is 6.41. The number of carbonyl (C=O) groups excluding carboxylic acids is 1. The van der Waals surface area contributed by atoms with Crippen LogP contribution < -0.4 is 0 Å². The number of imidazole rings is 1. The van der Waals surface area contributed by atoms with E-state index in [9.17, 15) is 9.90 Å². The predicted octanol–water partition coefficient (Wildman–Crippen LogP) is 2.65. The Kier molecular flexibility index (Phi) is 4.81. The lowest BCUT2D eigenvalue weighted by molar-refractivity contribution is 0.0578. The Morgan fingerprint density at radius 2 is 1.92 bits per heavy atom. The number of benzene rings is 1. The molecule has 0 bridgehead atoms. The molecule has 0 radical (unpaired) electrons. The molecular formula is C19H22N4O2.